The molecule has 0 fully saturated rings. The van der Waals surface area contributed by atoms with Gasteiger partial charge in [-0.25, -0.2) is 14.6 Å². The maximum atomic E-state index is 10.9. The molecule has 0 aliphatic carbocycles. The van der Waals surface area contributed by atoms with E-state index in [1.807, 2.05) is 0 Å². The van der Waals surface area contributed by atoms with Crippen LogP contribution in [-0.4, -0.2) is 37.4 Å². The highest BCUT2D eigenvalue weighted by atomic mass is 16.2. The lowest BCUT2D eigenvalue weighted by atomic mass is 10.1. The maximum absolute atomic E-state index is 10.9. The quantitative estimate of drug-likeness (QED) is 0.354. The molecule has 0 saturated carbocycles. The molecule has 1 aliphatic rings. The first-order valence-electron chi connectivity index (χ1n) is 6.04. The van der Waals surface area contributed by atoms with E-state index in [1.54, 1.807) is 0 Å². The van der Waals surface area contributed by atoms with Crippen molar-refractivity contribution in [3.8, 4) is 0 Å². The van der Waals surface area contributed by atoms with Crippen LogP contribution in [0.15, 0.2) is 28.2 Å². The van der Waals surface area contributed by atoms with Crippen LogP contribution in [-0.2, 0) is 4.79 Å². The molecule has 1 atom stereocenters. The third-order valence-corrected chi connectivity index (χ3v) is 2.79. The van der Waals surface area contributed by atoms with Crippen molar-refractivity contribution in [3.05, 3.63) is 39.4 Å². The van der Waals surface area contributed by atoms with E-state index in [1.165, 1.54) is 25.5 Å². The summed E-state index contributed by atoms with van der Waals surface area (Å²) in [5.41, 5.74) is 3.71. The first kappa shape index (κ1) is 15.2. The summed E-state index contributed by atoms with van der Waals surface area (Å²) in [4.78, 5) is 53.8. The molecule has 0 spiro atoms. The highest BCUT2D eigenvalue weighted by Crippen LogP contribution is 2.02. The van der Waals surface area contributed by atoms with Crippen molar-refractivity contribution in [2.75, 3.05) is 0 Å². The number of nitrogens with zero attached hydrogens (tertiary/aromatic N) is 1. The van der Waals surface area contributed by atoms with E-state index >= 15 is 0 Å². The lowest BCUT2D eigenvalue weighted by Gasteiger charge is -2.26. The fourth-order valence-corrected chi connectivity index (χ4v) is 1.59. The number of nitrogens with two attached hydrogens (primary N) is 1. The molecule has 0 radical (unpaired) electrons. The number of amides is 2. The maximum Gasteiger partial charge on any atom is 0.327 e. The zero-order valence-electron chi connectivity index (χ0n) is 11.4. The normalized spacial score (nSPS) is 19.8. The summed E-state index contributed by atoms with van der Waals surface area (Å²) in [6.45, 7) is 1.32. The van der Waals surface area contributed by atoms with E-state index in [0.717, 1.165) is 0 Å². The van der Waals surface area contributed by atoms with Gasteiger partial charge < -0.3 is 15.6 Å². The van der Waals surface area contributed by atoms with Crippen LogP contribution < -0.4 is 27.6 Å². The third kappa shape index (κ3) is 3.09. The van der Waals surface area contributed by atoms with Crippen LogP contribution in [0.2, 0.25) is 0 Å². The number of aromatic nitrogens is 4. The number of nitrogens with one attached hydrogen (secondary N) is 5. The molecule has 11 heteroatoms. The summed E-state index contributed by atoms with van der Waals surface area (Å²) < 4.78 is 0. The van der Waals surface area contributed by atoms with Crippen molar-refractivity contribution >= 4 is 23.0 Å². The first-order valence-corrected chi connectivity index (χ1v) is 6.04. The van der Waals surface area contributed by atoms with Gasteiger partial charge in [-0.2, -0.15) is 0 Å². The summed E-state index contributed by atoms with van der Waals surface area (Å²) in [6, 6.07) is -0.467. The molecule has 2 aromatic heterocycles. The van der Waals surface area contributed by atoms with Gasteiger partial charge >= 0.3 is 11.7 Å². The van der Waals surface area contributed by atoms with Crippen LogP contribution in [0, 0.1) is 0 Å². The van der Waals surface area contributed by atoms with Gasteiger partial charge in [0, 0.05) is 6.20 Å². The second-order valence-corrected chi connectivity index (χ2v) is 4.39. The SMILES string of the molecule is CC(=O)C1(N)C=CNC(=O)N1.O=c1[nH]c(=O)c2[nH]cnc2[nH]1. The highest BCUT2D eigenvalue weighted by Gasteiger charge is 2.31. The smallest absolute Gasteiger partial charge is 0.327 e. The van der Waals surface area contributed by atoms with Crippen molar-refractivity contribution < 1.29 is 9.59 Å². The van der Waals surface area contributed by atoms with E-state index in [0.29, 0.717) is 0 Å². The lowest BCUT2D eigenvalue weighted by Crippen LogP contribution is -2.63. The predicted molar refractivity (Wildman–Crippen MR) is 75.7 cm³/mol. The van der Waals surface area contributed by atoms with Crippen molar-refractivity contribution in [2.45, 2.75) is 12.6 Å². The molecule has 1 aliphatic heterocycles. The van der Waals surface area contributed by atoms with Gasteiger partial charge in [0.1, 0.15) is 5.52 Å². The van der Waals surface area contributed by atoms with Gasteiger partial charge in [-0.3, -0.25) is 25.3 Å². The van der Waals surface area contributed by atoms with Gasteiger partial charge in [0.2, 0.25) is 0 Å². The lowest BCUT2D eigenvalue weighted by molar-refractivity contribution is -0.121. The Morgan fingerprint density at radius 3 is 2.59 bits per heavy atom. The number of rotatable bonds is 1. The number of ketones is 1. The number of fused-ring (bicyclic) bond motifs is 1. The van der Waals surface area contributed by atoms with Crippen LogP contribution in [0.25, 0.3) is 11.2 Å². The molecule has 2 aromatic rings. The van der Waals surface area contributed by atoms with Gasteiger partial charge in [-0.1, -0.05) is 0 Å². The van der Waals surface area contributed by atoms with Crippen molar-refractivity contribution in [3.63, 3.8) is 0 Å². The van der Waals surface area contributed by atoms with Crippen LogP contribution in [0.5, 0.6) is 0 Å². The van der Waals surface area contributed by atoms with Crippen molar-refractivity contribution in [1.82, 2.24) is 30.6 Å². The van der Waals surface area contributed by atoms with E-state index in [9.17, 15) is 19.2 Å². The molecule has 3 heterocycles. The van der Waals surface area contributed by atoms with Gasteiger partial charge in [0.15, 0.2) is 17.1 Å². The minimum Gasteiger partial charge on any atom is -0.339 e. The monoisotopic (exact) mass is 307 g/mol. The average molecular weight is 307 g/mol. The molecule has 22 heavy (non-hydrogen) atoms. The Bertz CT molecular complexity index is 861. The Morgan fingerprint density at radius 1 is 1.27 bits per heavy atom. The second kappa shape index (κ2) is 5.65. The molecule has 0 bridgehead atoms. The number of hydrogen-bond acceptors (Lipinski definition) is 6. The molecular formula is C11H13N7O4. The molecule has 116 valence electrons. The van der Waals surface area contributed by atoms with Gasteiger partial charge in [-0.05, 0) is 13.0 Å². The molecule has 0 saturated heterocycles. The summed E-state index contributed by atoms with van der Waals surface area (Å²) >= 11 is 0. The van der Waals surface area contributed by atoms with E-state index in [2.05, 4.69) is 30.6 Å². The van der Waals surface area contributed by atoms with Crippen LogP contribution in [0.3, 0.4) is 0 Å². The second-order valence-electron chi connectivity index (χ2n) is 4.39. The van der Waals surface area contributed by atoms with E-state index < -0.39 is 22.9 Å². The number of carbonyl (C=O) groups excluding carboxylic acids is 2. The van der Waals surface area contributed by atoms with Crippen LogP contribution in [0.4, 0.5) is 4.79 Å². The Kier molecular flexibility index (Phi) is 3.90. The summed E-state index contributed by atoms with van der Waals surface area (Å²) in [6.07, 6.45) is 4.09. The number of carbonyl (C=O) groups is 2. The average Bonchev–Trinajstić information content (AvgIpc) is 2.87. The molecule has 0 aromatic carbocycles. The van der Waals surface area contributed by atoms with Gasteiger partial charge in [0.25, 0.3) is 5.56 Å². The first-order chi connectivity index (χ1) is 10.3. The van der Waals surface area contributed by atoms with Crippen molar-refractivity contribution in [1.29, 1.82) is 0 Å². The Hall–Kier alpha value is -3.21. The minimum atomic E-state index is -1.33. The molecule has 1 unspecified atom stereocenters. The minimum absolute atomic E-state index is 0.277. The zero-order chi connectivity index (χ0) is 16.3. The summed E-state index contributed by atoms with van der Waals surface area (Å²) in [5, 5.41) is 4.61. The number of H-pyrrole nitrogens is 3. The molecule has 11 nitrogen and oxygen atoms in total. The number of aromatic amines is 3. The fourth-order valence-electron chi connectivity index (χ4n) is 1.59. The number of hydrogen-bond donors (Lipinski definition) is 6. The predicted octanol–water partition coefficient (Wildman–Crippen LogP) is -2.00. The summed E-state index contributed by atoms with van der Waals surface area (Å²) in [7, 11) is 0. The third-order valence-electron chi connectivity index (χ3n) is 2.79. The van der Waals surface area contributed by atoms with Crippen LogP contribution >= 0.6 is 0 Å². The van der Waals surface area contributed by atoms with E-state index in [-0.39, 0.29) is 16.9 Å². The largest absolute Gasteiger partial charge is 0.339 e. The zero-order valence-corrected chi connectivity index (χ0v) is 11.4. The molecular weight excluding hydrogens is 294 g/mol. The van der Waals surface area contributed by atoms with Crippen molar-refractivity contribution in [2.24, 2.45) is 5.73 Å². The fraction of sp³-hybridized carbons (Fsp3) is 0.182. The highest BCUT2D eigenvalue weighted by molar-refractivity contribution is 5.93. The van der Waals surface area contributed by atoms with Gasteiger partial charge in [-0.15, -0.1) is 0 Å². The van der Waals surface area contributed by atoms with Crippen LogP contribution in [0.1, 0.15) is 6.92 Å². The summed E-state index contributed by atoms with van der Waals surface area (Å²) in [5.74, 6) is -0.302. The Labute approximate surface area is 122 Å². The number of Topliss-reactive ketones (excluding diaryl/α,β-unsaturated/α-hetero) is 1. The molecule has 7 N–H and O–H groups in total. The van der Waals surface area contributed by atoms with E-state index in [4.69, 9.17) is 5.73 Å². The standard InChI is InChI=1S/C6H9N3O2.C5H4N4O2/c1-4(10)6(7)2-3-8-5(11)9-6;10-4-2-3(7-1-6-2)8-5(11)9-4/h2-3H,7H2,1H3,(H2,8,9,11);1H,(H3,6,7,8,9,10,11). The van der Waals surface area contributed by atoms with Gasteiger partial charge in [0.05, 0.1) is 6.33 Å². The number of urea groups is 1. The topological polar surface area (TPSA) is 179 Å². The Morgan fingerprint density at radius 2 is 2.00 bits per heavy atom. The molecule has 3 rings (SSSR count). The number of imidazole rings is 1. The molecule has 2 amide bonds. The Balaban J connectivity index is 0.000000160.